The van der Waals surface area contributed by atoms with Gasteiger partial charge in [-0.25, -0.2) is 9.97 Å². The normalized spacial score (nSPS) is 12.5. The van der Waals surface area contributed by atoms with Gasteiger partial charge in [-0.15, -0.1) is 0 Å². The van der Waals surface area contributed by atoms with Crippen molar-refractivity contribution < 1.29 is 9.47 Å². The van der Waals surface area contributed by atoms with Crippen molar-refractivity contribution in [1.29, 1.82) is 0 Å². The fourth-order valence-corrected chi connectivity index (χ4v) is 3.37. The SMILES string of the molecule is Cc1ncc(-c2c(-c3ccccc3)ncn2Cc2ccc3c(c2)OCO3)[nH]1. The molecule has 1 N–H and O–H groups in total. The fraction of sp³-hybridized carbons (Fsp3) is 0.143. The van der Waals surface area contributed by atoms with Gasteiger partial charge < -0.3 is 19.0 Å². The Hall–Kier alpha value is -3.54. The molecule has 134 valence electrons. The van der Waals surface area contributed by atoms with E-state index in [1.807, 2.05) is 49.8 Å². The van der Waals surface area contributed by atoms with Gasteiger partial charge in [0.15, 0.2) is 11.5 Å². The van der Waals surface area contributed by atoms with Crippen LogP contribution in [0.4, 0.5) is 0 Å². The third kappa shape index (κ3) is 2.85. The summed E-state index contributed by atoms with van der Waals surface area (Å²) in [6.45, 7) is 2.90. The molecule has 1 aliphatic rings. The number of aryl methyl sites for hydroxylation is 1. The molecule has 6 nitrogen and oxygen atoms in total. The molecule has 2 aromatic heterocycles. The number of H-pyrrole nitrogens is 1. The number of ether oxygens (including phenoxy) is 2. The van der Waals surface area contributed by atoms with E-state index in [4.69, 9.17) is 14.5 Å². The number of nitrogens with zero attached hydrogens (tertiary/aromatic N) is 3. The summed E-state index contributed by atoms with van der Waals surface area (Å²) >= 11 is 0. The first-order valence-corrected chi connectivity index (χ1v) is 8.79. The number of hydrogen-bond donors (Lipinski definition) is 1. The van der Waals surface area contributed by atoms with Gasteiger partial charge in [0.05, 0.1) is 29.6 Å². The smallest absolute Gasteiger partial charge is 0.231 e. The van der Waals surface area contributed by atoms with E-state index in [1.165, 1.54) is 0 Å². The van der Waals surface area contributed by atoms with Crippen molar-refractivity contribution in [3.05, 3.63) is 72.4 Å². The summed E-state index contributed by atoms with van der Waals surface area (Å²) in [5, 5.41) is 0. The minimum Gasteiger partial charge on any atom is -0.454 e. The second-order valence-corrected chi connectivity index (χ2v) is 6.51. The van der Waals surface area contributed by atoms with Crippen LogP contribution in [0.2, 0.25) is 0 Å². The molecule has 6 heteroatoms. The van der Waals surface area contributed by atoms with Gasteiger partial charge in [0, 0.05) is 12.1 Å². The molecule has 0 amide bonds. The zero-order valence-electron chi connectivity index (χ0n) is 14.8. The van der Waals surface area contributed by atoms with Crippen molar-refractivity contribution in [1.82, 2.24) is 19.5 Å². The van der Waals surface area contributed by atoms with Crippen LogP contribution in [0.25, 0.3) is 22.6 Å². The van der Waals surface area contributed by atoms with Crippen molar-refractivity contribution in [2.75, 3.05) is 6.79 Å². The standard InChI is InChI=1S/C21H18N4O2/c1-14-22-10-17(24-14)21-20(16-5-3-2-4-6-16)23-12-25(21)11-15-7-8-18-19(9-15)27-13-26-18/h2-10,12H,11,13H2,1H3,(H,22,24). The monoisotopic (exact) mass is 358 g/mol. The molecule has 0 atom stereocenters. The van der Waals surface area contributed by atoms with Gasteiger partial charge in [0.1, 0.15) is 5.82 Å². The van der Waals surface area contributed by atoms with E-state index >= 15 is 0 Å². The summed E-state index contributed by atoms with van der Waals surface area (Å²) in [5.41, 5.74) is 5.09. The molecule has 4 aromatic rings. The lowest BCUT2D eigenvalue weighted by Gasteiger charge is -2.10. The van der Waals surface area contributed by atoms with E-state index in [0.29, 0.717) is 6.54 Å². The van der Waals surface area contributed by atoms with Crippen molar-refractivity contribution >= 4 is 0 Å². The first-order valence-electron chi connectivity index (χ1n) is 8.79. The largest absolute Gasteiger partial charge is 0.454 e. The number of rotatable bonds is 4. The maximum atomic E-state index is 5.51. The minimum atomic E-state index is 0.278. The van der Waals surface area contributed by atoms with Crippen molar-refractivity contribution in [3.63, 3.8) is 0 Å². The molecule has 0 saturated heterocycles. The lowest BCUT2D eigenvalue weighted by Crippen LogP contribution is -2.01. The lowest BCUT2D eigenvalue weighted by atomic mass is 10.1. The third-order valence-electron chi connectivity index (χ3n) is 4.63. The van der Waals surface area contributed by atoms with Gasteiger partial charge in [-0.1, -0.05) is 36.4 Å². The zero-order valence-corrected chi connectivity index (χ0v) is 14.8. The van der Waals surface area contributed by atoms with Crippen LogP contribution in [-0.2, 0) is 6.54 Å². The number of aromatic amines is 1. The number of fused-ring (bicyclic) bond motifs is 1. The van der Waals surface area contributed by atoms with Gasteiger partial charge in [0.2, 0.25) is 6.79 Å². The highest BCUT2D eigenvalue weighted by Crippen LogP contribution is 2.34. The lowest BCUT2D eigenvalue weighted by molar-refractivity contribution is 0.174. The molecular formula is C21H18N4O2. The van der Waals surface area contributed by atoms with Crippen molar-refractivity contribution in [2.24, 2.45) is 0 Å². The van der Waals surface area contributed by atoms with E-state index in [0.717, 1.165) is 45.5 Å². The highest BCUT2D eigenvalue weighted by Gasteiger charge is 2.18. The van der Waals surface area contributed by atoms with Crippen LogP contribution < -0.4 is 9.47 Å². The van der Waals surface area contributed by atoms with E-state index in [1.54, 1.807) is 0 Å². The average Bonchev–Trinajstić information content (AvgIpc) is 3.41. The van der Waals surface area contributed by atoms with Gasteiger partial charge in [0.25, 0.3) is 0 Å². The molecule has 0 radical (unpaired) electrons. The second-order valence-electron chi connectivity index (χ2n) is 6.51. The predicted molar refractivity (Wildman–Crippen MR) is 102 cm³/mol. The molecule has 1 aliphatic heterocycles. The molecule has 27 heavy (non-hydrogen) atoms. The summed E-state index contributed by atoms with van der Waals surface area (Å²) in [4.78, 5) is 12.4. The maximum Gasteiger partial charge on any atom is 0.231 e. The summed E-state index contributed by atoms with van der Waals surface area (Å²) in [6.07, 6.45) is 3.73. The highest BCUT2D eigenvalue weighted by atomic mass is 16.7. The first kappa shape index (κ1) is 15.7. The molecule has 0 spiro atoms. The Morgan fingerprint density at radius 2 is 1.89 bits per heavy atom. The van der Waals surface area contributed by atoms with E-state index in [-0.39, 0.29) is 6.79 Å². The summed E-state index contributed by atoms with van der Waals surface area (Å²) in [5.74, 6) is 2.45. The van der Waals surface area contributed by atoms with Gasteiger partial charge in [-0.3, -0.25) is 0 Å². The summed E-state index contributed by atoms with van der Waals surface area (Å²) < 4.78 is 13.0. The molecule has 0 aliphatic carbocycles. The summed E-state index contributed by atoms with van der Waals surface area (Å²) in [7, 11) is 0. The Bertz CT molecular complexity index is 1100. The Morgan fingerprint density at radius 3 is 2.70 bits per heavy atom. The van der Waals surface area contributed by atoms with Gasteiger partial charge in [-0.05, 0) is 24.6 Å². The number of benzene rings is 2. The van der Waals surface area contributed by atoms with Crippen LogP contribution in [-0.4, -0.2) is 26.3 Å². The van der Waals surface area contributed by atoms with Crippen LogP contribution in [0, 0.1) is 6.92 Å². The predicted octanol–water partition coefficient (Wildman–Crippen LogP) is 4.03. The van der Waals surface area contributed by atoms with E-state index < -0.39 is 0 Å². The fourth-order valence-electron chi connectivity index (χ4n) is 3.37. The van der Waals surface area contributed by atoms with Gasteiger partial charge in [-0.2, -0.15) is 0 Å². The molecule has 0 bridgehead atoms. The van der Waals surface area contributed by atoms with E-state index in [9.17, 15) is 0 Å². The van der Waals surface area contributed by atoms with Crippen molar-refractivity contribution in [3.8, 4) is 34.1 Å². The average molecular weight is 358 g/mol. The molecule has 5 rings (SSSR count). The van der Waals surface area contributed by atoms with Crippen LogP contribution >= 0.6 is 0 Å². The van der Waals surface area contributed by atoms with Crippen LogP contribution in [0.3, 0.4) is 0 Å². The van der Waals surface area contributed by atoms with Crippen LogP contribution in [0.15, 0.2) is 61.1 Å². The zero-order chi connectivity index (χ0) is 18.2. The maximum absolute atomic E-state index is 5.51. The number of imidazole rings is 2. The van der Waals surface area contributed by atoms with Gasteiger partial charge >= 0.3 is 0 Å². The molecule has 2 aromatic carbocycles. The van der Waals surface area contributed by atoms with Crippen LogP contribution in [0.5, 0.6) is 11.5 Å². The molecule has 0 fully saturated rings. The first-order chi connectivity index (χ1) is 13.3. The number of nitrogens with one attached hydrogen (secondary N) is 1. The Morgan fingerprint density at radius 1 is 1.04 bits per heavy atom. The number of aromatic nitrogens is 4. The third-order valence-corrected chi connectivity index (χ3v) is 4.63. The highest BCUT2D eigenvalue weighted by molar-refractivity contribution is 5.76. The molecule has 0 unspecified atom stereocenters. The Balaban J connectivity index is 1.59. The topological polar surface area (TPSA) is 65.0 Å². The Labute approximate surface area is 156 Å². The molecule has 3 heterocycles. The molecule has 0 saturated carbocycles. The van der Waals surface area contributed by atoms with Crippen molar-refractivity contribution in [2.45, 2.75) is 13.5 Å². The molecular weight excluding hydrogens is 340 g/mol. The second kappa shape index (κ2) is 6.32. The minimum absolute atomic E-state index is 0.278. The summed E-state index contributed by atoms with van der Waals surface area (Å²) in [6, 6.07) is 16.2. The number of hydrogen-bond acceptors (Lipinski definition) is 4. The Kier molecular flexibility index (Phi) is 3.67. The quantitative estimate of drug-likeness (QED) is 0.598. The van der Waals surface area contributed by atoms with Crippen LogP contribution in [0.1, 0.15) is 11.4 Å². The van der Waals surface area contributed by atoms with E-state index in [2.05, 4.69) is 32.7 Å².